The predicted molar refractivity (Wildman–Crippen MR) is 140 cm³/mol. The lowest BCUT2D eigenvalue weighted by molar-refractivity contribution is -0.984. The van der Waals surface area contributed by atoms with Crippen LogP contribution in [0.1, 0.15) is 30.1 Å². The maximum atomic E-state index is 11.9. The Bertz CT molecular complexity index is 1270. The zero-order chi connectivity index (χ0) is 24.7. The Hall–Kier alpha value is -2.31. The topological polar surface area (TPSA) is 51.6 Å². The van der Waals surface area contributed by atoms with Crippen LogP contribution < -0.4 is 9.47 Å². The van der Waals surface area contributed by atoms with Crippen molar-refractivity contribution in [2.24, 2.45) is 11.8 Å². The molecule has 4 unspecified atom stereocenters. The Morgan fingerprint density at radius 2 is 2.00 bits per heavy atom. The van der Waals surface area contributed by atoms with E-state index in [0.29, 0.717) is 34.2 Å². The molecule has 3 fully saturated rings. The average Bonchev–Trinajstić information content (AvgIpc) is 2.90. The van der Waals surface area contributed by atoms with Crippen LogP contribution in [0.4, 0.5) is 0 Å². The van der Waals surface area contributed by atoms with Gasteiger partial charge in [0.15, 0.2) is 0 Å². The van der Waals surface area contributed by atoms with Crippen molar-refractivity contribution in [1.29, 1.82) is 0 Å². The van der Waals surface area contributed by atoms with E-state index < -0.39 is 6.10 Å². The third-order valence-corrected chi connectivity index (χ3v) is 9.08. The van der Waals surface area contributed by atoms with Gasteiger partial charge in [-0.25, -0.2) is 0 Å². The maximum absolute atomic E-state index is 11.9. The van der Waals surface area contributed by atoms with Gasteiger partial charge < -0.3 is 19.1 Å². The number of aromatic nitrogens is 1. The number of hydrogen-bond acceptors (Lipinski definition) is 4. The number of rotatable bonds is 7. The van der Waals surface area contributed by atoms with Crippen LogP contribution in [0.3, 0.4) is 0 Å². The van der Waals surface area contributed by atoms with Crippen molar-refractivity contribution in [1.82, 2.24) is 4.98 Å². The summed E-state index contributed by atoms with van der Waals surface area (Å²) in [4.78, 5) is 4.51. The summed E-state index contributed by atoms with van der Waals surface area (Å²) in [5.41, 5.74) is 2.70. The Labute approximate surface area is 216 Å². The second-order valence-electron chi connectivity index (χ2n) is 9.82. The number of nitrogens with zero attached hydrogens (tertiary/aromatic N) is 2. The number of ether oxygens (including phenoxy) is 2. The summed E-state index contributed by atoms with van der Waals surface area (Å²) in [5.74, 6) is 2.24. The number of fused-ring (bicyclic) bond motifs is 4. The molecular formula is C28H31Cl2N2O3+. The van der Waals surface area contributed by atoms with E-state index >= 15 is 0 Å². The molecule has 0 aliphatic carbocycles. The summed E-state index contributed by atoms with van der Waals surface area (Å²) in [5, 5.41) is 13.8. The van der Waals surface area contributed by atoms with Gasteiger partial charge in [-0.15, -0.1) is 6.58 Å². The van der Waals surface area contributed by atoms with Gasteiger partial charge >= 0.3 is 0 Å². The molecule has 3 saturated heterocycles. The minimum atomic E-state index is -0.659. The number of aliphatic hydroxyl groups is 1. The van der Waals surface area contributed by atoms with E-state index in [2.05, 4.69) is 17.6 Å². The summed E-state index contributed by atoms with van der Waals surface area (Å²) in [7, 11) is 3.24. The summed E-state index contributed by atoms with van der Waals surface area (Å²) < 4.78 is 11.6. The second-order valence-corrected chi connectivity index (χ2v) is 10.6. The van der Waals surface area contributed by atoms with E-state index in [1.54, 1.807) is 20.4 Å². The van der Waals surface area contributed by atoms with E-state index in [1.165, 1.54) is 0 Å². The number of quaternary nitrogens is 1. The van der Waals surface area contributed by atoms with Crippen LogP contribution in [0.25, 0.3) is 10.9 Å². The first-order chi connectivity index (χ1) is 16.9. The number of aliphatic hydroxyl groups excluding tert-OH is 1. The first-order valence-corrected chi connectivity index (χ1v) is 12.8. The van der Waals surface area contributed by atoms with Gasteiger partial charge in [0.1, 0.15) is 35.2 Å². The summed E-state index contributed by atoms with van der Waals surface area (Å²) in [6.07, 6.45) is 5.24. The zero-order valence-electron chi connectivity index (χ0n) is 20.1. The number of methoxy groups -OCH3 is 2. The number of halogens is 2. The molecule has 1 N–H and O–H groups in total. The van der Waals surface area contributed by atoms with E-state index in [4.69, 9.17) is 32.7 Å². The van der Waals surface area contributed by atoms with Crippen LogP contribution >= 0.6 is 23.2 Å². The molecule has 2 bridgehead atoms. The molecule has 0 amide bonds. The molecule has 1 aromatic heterocycles. The van der Waals surface area contributed by atoms with Gasteiger partial charge in [-0.3, -0.25) is 4.98 Å². The van der Waals surface area contributed by atoms with Gasteiger partial charge in [0, 0.05) is 35.9 Å². The van der Waals surface area contributed by atoms with Gasteiger partial charge in [0.2, 0.25) is 0 Å². The molecule has 0 radical (unpaired) electrons. The standard InChI is InChI=1S/C28H31Cl2N2O3/c1-4-17-15-32(16-19-5-8-25(35-3)27(30)26(19)29)12-10-18(17)13-24(32)28(33)21-9-11-31-23-7-6-20(34-2)14-22(21)23/h4-9,11,14,17-18,24,28,33H,1,10,12-13,15-16H2,2-3H3/q+1/t17?,18?,24?,28-,32?/m0/s1. The predicted octanol–water partition coefficient (Wildman–Crippen LogP) is 6.20. The van der Waals surface area contributed by atoms with Crippen molar-refractivity contribution < 1.29 is 19.1 Å². The van der Waals surface area contributed by atoms with E-state index in [1.807, 2.05) is 36.4 Å². The lowest BCUT2D eigenvalue weighted by Crippen LogP contribution is -2.67. The van der Waals surface area contributed by atoms with Gasteiger partial charge in [0.25, 0.3) is 0 Å². The summed E-state index contributed by atoms with van der Waals surface area (Å²) in [6, 6.07) is 11.6. The van der Waals surface area contributed by atoms with Gasteiger partial charge in [-0.1, -0.05) is 29.3 Å². The second kappa shape index (κ2) is 9.62. The highest BCUT2D eigenvalue weighted by Gasteiger charge is 2.54. The molecule has 5 atom stereocenters. The molecule has 5 nitrogen and oxygen atoms in total. The molecule has 3 aliphatic rings. The van der Waals surface area contributed by atoms with Crippen LogP contribution in [0.15, 0.2) is 55.3 Å². The van der Waals surface area contributed by atoms with E-state index in [-0.39, 0.29) is 6.04 Å². The van der Waals surface area contributed by atoms with Crippen molar-refractivity contribution >= 4 is 34.1 Å². The SMILES string of the molecule is C=CC1C[N+]2(Cc3ccc(OC)c(Cl)c3Cl)CCC1CC2[C@@H](O)c1ccnc2ccc(OC)cc12. The fourth-order valence-corrected chi connectivity index (χ4v) is 6.79. The highest BCUT2D eigenvalue weighted by Crippen LogP contribution is 2.49. The molecule has 184 valence electrons. The molecule has 3 aliphatic heterocycles. The molecule has 3 aromatic rings. The summed E-state index contributed by atoms with van der Waals surface area (Å²) >= 11 is 13.2. The van der Waals surface area contributed by atoms with E-state index in [9.17, 15) is 5.11 Å². The van der Waals surface area contributed by atoms with Gasteiger partial charge in [0.05, 0.1) is 37.8 Å². The summed E-state index contributed by atoms with van der Waals surface area (Å²) in [6.45, 7) is 6.71. The Morgan fingerprint density at radius 1 is 1.17 bits per heavy atom. The molecule has 0 spiro atoms. The van der Waals surface area contributed by atoms with Crippen molar-refractivity contribution in [3.8, 4) is 11.5 Å². The Balaban J connectivity index is 1.57. The molecule has 0 saturated carbocycles. The molecule has 2 aromatic carbocycles. The lowest BCUT2D eigenvalue weighted by Gasteiger charge is -2.58. The number of hydrogen-bond donors (Lipinski definition) is 1. The third-order valence-electron chi connectivity index (χ3n) is 8.17. The van der Waals surface area contributed by atoms with Crippen molar-refractivity contribution in [3.63, 3.8) is 0 Å². The molecular weight excluding hydrogens is 483 g/mol. The molecule has 35 heavy (non-hydrogen) atoms. The normalized spacial score (nSPS) is 26.5. The Morgan fingerprint density at radius 3 is 2.74 bits per heavy atom. The minimum absolute atomic E-state index is 0.0127. The number of benzene rings is 2. The average molecular weight is 514 g/mol. The lowest BCUT2D eigenvalue weighted by atomic mass is 9.71. The van der Waals surface area contributed by atoms with Gasteiger partial charge in [-0.05, 0) is 47.9 Å². The van der Waals surface area contributed by atoms with Crippen LogP contribution in [-0.4, -0.2) is 47.9 Å². The third kappa shape index (κ3) is 4.19. The highest BCUT2D eigenvalue weighted by atomic mass is 35.5. The van der Waals surface area contributed by atoms with Crippen molar-refractivity contribution in [2.45, 2.75) is 31.5 Å². The fourth-order valence-electron chi connectivity index (χ4n) is 6.31. The highest BCUT2D eigenvalue weighted by molar-refractivity contribution is 6.43. The van der Waals surface area contributed by atoms with Crippen LogP contribution in [-0.2, 0) is 6.54 Å². The van der Waals surface area contributed by atoms with Crippen LogP contribution in [0.2, 0.25) is 10.0 Å². The van der Waals surface area contributed by atoms with Crippen molar-refractivity contribution in [3.05, 3.63) is 76.4 Å². The largest absolute Gasteiger partial charge is 0.497 e. The quantitative estimate of drug-likeness (QED) is 0.301. The Kier molecular flexibility index (Phi) is 6.71. The first kappa shape index (κ1) is 24.4. The van der Waals surface area contributed by atoms with Crippen LogP contribution in [0.5, 0.6) is 11.5 Å². The number of piperidine rings is 3. The fraction of sp³-hybridized carbons (Fsp3) is 0.393. The monoisotopic (exact) mass is 513 g/mol. The zero-order valence-corrected chi connectivity index (χ0v) is 21.6. The maximum Gasteiger partial charge on any atom is 0.139 e. The molecule has 4 heterocycles. The number of pyridine rings is 1. The molecule has 7 heteroatoms. The van der Waals surface area contributed by atoms with Crippen LogP contribution in [0, 0.1) is 11.8 Å². The van der Waals surface area contributed by atoms with E-state index in [0.717, 1.165) is 58.2 Å². The molecule has 6 rings (SSSR count). The minimum Gasteiger partial charge on any atom is -0.497 e. The van der Waals surface area contributed by atoms with Gasteiger partial charge in [-0.2, -0.15) is 0 Å². The smallest absolute Gasteiger partial charge is 0.139 e. The van der Waals surface area contributed by atoms with Crippen molar-refractivity contribution in [2.75, 3.05) is 27.3 Å². The first-order valence-electron chi connectivity index (χ1n) is 12.0.